The van der Waals surface area contributed by atoms with Gasteiger partial charge in [-0.15, -0.1) is 0 Å². The van der Waals surface area contributed by atoms with Crippen LogP contribution < -0.4 is 10.6 Å². The molecule has 0 bridgehead atoms. The Bertz CT molecular complexity index is 501. The first-order valence-electron chi connectivity index (χ1n) is 6.32. The van der Waals surface area contributed by atoms with Gasteiger partial charge in [-0.3, -0.25) is 0 Å². The van der Waals surface area contributed by atoms with Crippen LogP contribution in [0.25, 0.3) is 0 Å². The van der Waals surface area contributed by atoms with Crippen molar-refractivity contribution in [3.05, 3.63) is 29.3 Å². The fourth-order valence-corrected chi connectivity index (χ4v) is 2.35. The first-order valence-corrected chi connectivity index (χ1v) is 6.32. The number of carbonyl (C=O) groups excluding carboxylic acids is 1. The van der Waals surface area contributed by atoms with Gasteiger partial charge < -0.3 is 15.7 Å². The fourth-order valence-electron chi connectivity index (χ4n) is 2.35. The third-order valence-corrected chi connectivity index (χ3v) is 3.45. The second-order valence-electron chi connectivity index (χ2n) is 5.20. The number of carboxylic acid groups (broad SMARTS) is 1. The van der Waals surface area contributed by atoms with Crippen molar-refractivity contribution < 1.29 is 14.7 Å². The van der Waals surface area contributed by atoms with Crippen molar-refractivity contribution in [1.82, 2.24) is 5.32 Å². The highest BCUT2D eigenvalue weighted by atomic mass is 16.4. The number of benzene rings is 1. The van der Waals surface area contributed by atoms with E-state index in [1.165, 1.54) is 0 Å². The van der Waals surface area contributed by atoms with Crippen LogP contribution in [0.1, 0.15) is 30.4 Å². The van der Waals surface area contributed by atoms with Crippen molar-refractivity contribution in [1.29, 1.82) is 0 Å². The van der Waals surface area contributed by atoms with Gasteiger partial charge in [0.1, 0.15) is 5.54 Å². The lowest BCUT2D eigenvalue weighted by Crippen LogP contribution is -2.60. The van der Waals surface area contributed by atoms with E-state index in [-0.39, 0.29) is 0 Å². The van der Waals surface area contributed by atoms with Gasteiger partial charge in [0.2, 0.25) is 0 Å². The number of hydrogen-bond donors (Lipinski definition) is 3. The van der Waals surface area contributed by atoms with Crippen LogP contribution >= 0.6 is 0 Å². The Hall–Kier alpha value is -2.04. The van der Waals surface area contributed by atoms with Crippen molar-refractivity contribution in [2.24, 2.45) is 0 Å². The molecule has 102 valence electrons. The fraction of sp³-hybridized carbons (Fsp3) is 0.429. The van der Waals surface area contributed by atoms with Crippen LogP contribution in [0.5, 0.6) is 0 Å². The molecule has 0 saturated heterocycles. The predicted molar refractivity (Wildman–Crippen MR) is 72.3 cm³/mol. The van der Waals surface area contributed by atoms with Gasteiger partial charge in [0, 0.05) is 5.69 Å². The predicted octanol–water partition coefficient (Wildman–Crippen LogP) is 2.43. The Kier molecular flexibility index (Phi) is 3.46. The van der Waals surface area contributed by atoms with Crippen molar-refractivity contribution >= 4 is 17.7 Å². The number of amides is 2. The Morgan fingerprint density at radius 3 is 2.16 bits per heavy atom. The molecule has 1 saturated carbocycles. The van der Waals surface area contributed by atoms with Crippen LogP contribution in [0.2, 0.25) is 0 Å². The normalized spacial score (nSPS) is 16.3. The lowest BCUT2D eigenvalue weighted by molar-refractivity contribution is -0.148. The van der Waals surface area contributed by atoms with Gasteiger partial charge in [-0.2, -0.15) is 0 Å². The summed E-state index contributed by atoms with van der Waals surface area (Å²) in [6, 6.07) is 5.24. The summed E-state index contributed by atoms with van der Waals surface area (Å²) in [5.41, 5.74) is 1.69. The Labute approximate surface area is 112 Å². The summed E-state index contributed by atoms with van der Waals surface area (Å²) in [4.78, 5) is 23.0. The number of carboxylic acids is 1. The summed E-state index contributed by atoms with van der Waals surface area (Å²) < 4.78 is 0. The minimum atomic E-state index is -1.08. The zero-order valence-corrected chi connectivity index (χ0v) is 11.1. The van der Waals surface area contributed by atoms with Gasteiger partial charge in [0.15, 0.2) is 0 Å². The van der Waals surface area contributed by atoms with Gasteiger partial charge >= 0.3 is 12.0 Å². The van der Waals surface area contributed by atoms with E-state index in [1.54, 1.807) is 0 Å². The van der Waals surface area contributed by atoms with Crippen LogP contribution in [-0.2, 0) is 4.79 Å². The lowest BCUT2D eigenvalue weighted by Gasteiger charge is -2.38. The highest BCUT2D eigenvalue weighted by molar-refractivity contribution is 5.94. The van der Waals surface area contributed by atoms with Gasteiger partial charge in [0.25, 0.3) is 0 Å². The molecule has 0 radical (unpaired) electrons. The summed E-state index contributed by atoms with van der Waals surface area (Å²) in [5, 5.41) is 14.4. The molecule has 1 aliphatic carbocycles. The molecule has 2 amide bonds. The summed E-state index contributed by atoms with van der Waals surface area (Å²) in [6.45, 7) is 3.89. The molecular formula is C14H18N2O3. The van der Waals surface area contributed by atoms with E-state index in [4.69, 9.17) is 5.11 Å². The third kappa shape index (κ3) is 2.86. The number of anilines is 1. The third-order valence-electron chi connectivity index (χ3n) is 3.45. The molecule has 3 N–H and O–H groups in total. The number of carbonyl (C=O) groups is 2. The lowest BCUT2D eigenvalue weighted by atomic mass is 9.77. The van der Waals surface area contributed by atoms with E-state index in [2.05, 4.69) is 10.6 Å². The molecule has 1 aliphatic rings. The Balaban J connectivity index is 2.03. The molecule has 0 unspecified atom stereocenters. The first kappa shape index (κ1) is 13.4. The number of hydrogen-bond acceptors (Lipinski definition) is 2. The topological polar surface area (TPSA) is 78.4 Å². The molecule has 1 fully saturated rings. The SMILES string of the molecule is Cc1cc(C)cc(NC(=O)NC2(C(=O)O)CCC2)c1. The summed E-state index contributed by atoms with van der Waals surface area (Å²) in [7, 11) is 0. The highest BCUT2D eigenvalue weighted by Gasteiger charge is 2.45. The average Bonchev–Trinajstić information content (AvgIpc) is 2.21. The zero-order valence-electron chi connectivity index (χ0n) is 11.1. The minimum absolute atomic E-state index is 0.466. The molecule has 0 aromatic heterocycles. The number of aryl methyl sites for hydroxylation is 2. The average molecular weight is 262 g/mol. The maximum atomic E-state index is 11.9. The molecule has 19 heavy (non-hydrogen) atoms. The highest BCUT2D eigenvalue weighted by Crippen LogP contribution is 2.32. The Morgan fingerprint density at radius 1 is 1.16 bits per heavy atom. The molecular weight excluding hydrogens is 244 g/mol. The second-order valence-corrected chi connectivity index (χ2v) is 5.20. The van der Waals surface area contributed by atoms with Crippen molar-refractivity contribution in [2.75, 3.05) is 5.32 Å². The van der Waals surface area contributed by atoms with E-state index in [0.717, 1.165) is 17.5 Å². The number of aliphatic carboxylic acids is 1. The van der Waals surface area contributed by atoms with Gasteiger partial charge in [-0.05, 0) is 56.4 Å². The summed E-state index contributed by atoms with van der Waals surface area (Å²) in [6.07, 6.45) is 1.81. The van der Waals surface area contributed by atoms with E-state index < -0.39 is 17.5 Å². The number of nitrogens with one attached hydrogen (secondary N) is 2. The van der Waals surface area contributed by atoms with Crippen LogP contribution in [0.15, 0.2) is 18.2 Å². The summed E-state index contributed by atoms with van der Waals surface area (Å²) >= 11 is 0. The van der Waals surface area contributed by atoms with Crippen molar-refractivity contribution in [2.45, 2.75) is 38.6 Å². The zero-order chi connectivity index (χ0) is 14.0. The van der Waals surface area contributed by atoms with E-state index in [0.29, 0.717) is 18.5 Å². The molecule has 0 aliphatic heterocycles. The maximum Gasteiger partial charge on any atom is 0.329 e. The van der Waals surface area contributed by atoms with Crippen LogP contribution in [0.3, 0.4) is 0 Å². The molecule has 5 nitrogen and oxygen atoms in total. The van der Waals surface area contributed by atoms with Gasteiger partial charge in [-0.25, -0.2) is 9.59 Å². The Morgan fingerprint density at radius 2 is 1.74 bits per heavy atom. The number of urea groups is 1. The minimum Gasteiger partial charge on any atom is -0.480 e. The van der Waals surface area contributed by atoms with Crippen molar-refractivity contribution in [3.8, 4) is 0 Å². The van der Waals surface area contributed by atoms with E-state index >= 15 is 0 Å². The smallest absolute Gasteiger partial charge is 0.329 e. The monoisotopic (exact) mass is 262 g/mol. The quantitative estimate of drug-likeness (QED) is 0.782. The molecule has 1 aromatic carbocycles. The molecule has 0 atom stereocenters. The molecule has 0 heterocycles. The first-order chi connectivity index (χ1) is 8.91. The van der Waals surface area contributed by atoms with Gasteiger partial charge in [-0.1, -0.05) is 6.07 Å². The summed E-state index contributed by atoms with van der Waals surface area (Å²) in [5.74, 6) is -0.964. The standard InChI is InChI=1S/C14H18N2O3/c1-9-6-10(2)8-11(7-9)15-13(19)16-14(12(17)18)4-3-5-14/h6-8H,3-5H2,1-2H3,(H,17,18)(H2,15,16,19). The van der Waals surface area contributed by atoms with Gasteiger partial charge in [0.05, 0.1) is 0 Å². The molecule has 1 aromatic rings. The van der Waals surface area contributed by atoms with Crippen LogP contribution in [0, 0.1) is 13.8 Å². The van der Waals surface area contributed by atoms with Crippen molar-refractivity contribution in [3.63, 3.8) is 0 Å². The number of rotatable bonds is 3. The second kappa shape index (κ2) is 4.91. The molecule has 0 spiro atoms. The van der Waals surface area contributed by atoms with E-state index in [1.807, 2.05) is 32.0 Å². The molecule has 5 heteroatoms. The largest absolute Gasteiger partial charge is 0.480 e. The van der Waals surface area contributed by atoms with Crippen LogP contribution in [-0.4, -0.2) is 22.6 Å². The molecule has 2 rings (SSSR count). The maximum absolute atomic E-state index is 11.9. The van der Waals surface area contributed by atoms with Crippen LogP contribution in [0.4, 0.5) is 10.5 Å². The van der Waals surface area contributed by atoms with E-state index in [9.17, 15) is 9.59 Å².